The first kappa shape index (κ1) is 35.6. The molecule has 1 unspecified atom stereocenters. The molecule has 0 rings (SSSR count). The predicted octanol–water partition coefficient (Wildman–Crippen LogP) is 12.8. The van der Waals surface area contributed by atoms with E-state index >= 15 is 0 Å². The van der Waals surface area contributed by atoms with Gasteiger partial charge in [-0.05, 0) is 25.8 Å². The van der Waals surface area contributed by atoms with Gasteiger partial charge in [-0.25, -0.2) is 4.52 Å². The minimum absolute atomic E-state index is 0.419. The standard InChI is InChI=1S/C32H64O3P/c1-3-5-6-7-8-9-10-11-12-13-14-15-16-17-18-19-20-21-22-23-24-25-26-27-28-29-30-31-32-35-36(33)34-4-2/h31-32H,3-30H2,1-2H3/q+1/b32-31+. The van der Waals surface area contributed by atoms with Crippen molar-refractivity contribution in [2.45, 2.75) is 187 Å². The lowest BCUT2D eigenvalue weighted by molar-refractivity contribution is 0.285. The van der Waals surface area contributed by atoms with E-state index in [1.807, 2.05) is 13.0 Å². The summed E-state index contributed by atoms with van der Waals surface area (Å²) >= 11 is 0. The molecule has 0 radical (unpaired) electrons. The number of unbranched alkanes of at least 4 members (excludes halogenated alkanes) is 26. The van der Waals surface area contributed by atoms with Crippen molar-refractivity contribution in [1.82, 2.24) is 0 Å². The first-order valence-corrected chi connectivity index (χ1v) is 17.3. The van der Waals surface area contributed by atoms with E-state index in [1.165, 1.54) is 173 Å². The minimum atomic E-state index is -1.97. The van der Waals surface area contributed by atoms with Crippen LogP contribution in [0.5, 0.6) is 0 Å². The van der Waals surface area contributed by atoms with E-state index < -0.39 is 8.25 Å². The topological polar surface area (TPSA) is 35.5 Å². The third-order valence-corrected chi connectivity index (χ3v) is 7.96. The van der Waals surface area contributed by atoms with E-state index in [4.69, 9.17) is 9.05 Å². The van der Waals surface area contributed by atoms with E-state index in [0.717, 1.165) is 6.42 Å². The fourth-order valence-corrected chi connectivity index (χ4v) is 5.33. The first-order valence-electron chi connectivity index (χ1n) is 16.2. The third kappa shape index (κ3) is 31.6. The summed E-state index contributed by atoms with van der Waals surface area (Å²) in [7, 11) is -1.97. The van der Waals surface area contributed by atoms with Gasteiger partial charge in [0, 0.05) is 4.57 Å². The molecule has 36 heavy (non-hydrogen) atoms. The van der Waals surface area contributed by atoms with Crippen LogP contribution in [-0.2, 0) is 13.6 Å². The van der Waals surface area contributed by atoms with Gasteiger partial charge in [0.15, 0.2) is 0 Å². The summed E-state index contributed by atoms with van der Waals surface area (Å²) in [6.07, 6.45) is 41.6. The van der Waals surface area contributed by atoms with Gasteiger partial charge in [-0.1, -0.05) is 167 Å². The van der Waals surface area contributed by atoms with Crippen LogP contribution in [0.1, 0.15) is 187 Å². The molecule has 3 nitrogen and oxygen atoms in total. The molecule has 0 bridgehead atoms. The van der Waals surface area contributed by atoms with Crippen molar-refractivity contribution in [3.8, 4) is 0 Å². The van der Waals surface area contributed by atoms with E-state index in [9.17, 15) is 4.57 Å². The maximum absolute atomic E-state index is 11.1. The number of rotatable bonds is 31. The first-order chi connectivity index (χ1) is 17.8. The molecule has 0 aliphatic carbocycles. The Bertz CT molecular complexity index is 453. The maximum Gasteiger partial charge on any atom is 0.749 e. The van der Waals surface area contributed by atoms with Gasteiger partial charge in [0.2, 0.25) is 0 Å². The second kappa shape index (κ2) is 32.6. The van der Waals surface area contributed by atoms with Crippen LogP contribution in [0.25, 0.3) is 0 Å². The average molecular weight is 528 g/mol. The molecule has 0 aromatic carbocycles. The van der Waals surface area contributed by atoms with Crippen LogP contribution in [0.4, 0.5) is 0 Å². The van der Waals surface area contributed by atoms with Gasteiger partial charge in [0.25, 0.3) is 0 Å². The molecule has 0 aliphatic rings. The van der Waals surface area contributed by atoms with Crippen molar-refractivity contribution in [1.29, 1.82) is 0 Å². The highest BCUT2D eigenvalue weighted by molar-refractivity contribution is 7.33. The van der Waals surface area contributed by atoms with Gasteiger partial charge < -0.3 is 0 Å². The maximum atomic E-state index is 11.1. The minimum Gasteiger partial charge on any atom is -0.238 e. The molecule has 0 saturated heterocycles. The Morgan fingerprint density at radius 2 is 0.778 bits per heavy atom. The molecule has 0 N–H and O–H groups in total. The third-order valence-electron chi connectivity index (χ3n) is 7.20. The Kier molecular flexibility index (Phi) is 32.3. The van der Waals surface area contributed by atoms with Crippen LogP contribution >= 0.6 is 8.25 Å². The van der Waals surface area contributed by atoms with Crippen molar-refractivity contribution in [2.75, 3.05) is 6.61 Å². The normalized spacial score (nSPS) is 12.0. The van der Waals surface area contributed by atoms with Crippen molar-refractivity contribution in [3.63, 3.8) is 0 Å². The molecule has 1 atom stereocenters. The highest BCUT2D eigenvalue weighted by Gasteiger charge is 2.16. The Labute approximate surface area is 227 Å². The molecule has 214 valence electrons. The lowest BCUT2D eigenvalue weighted by Gasteiger charge is -2.04. The molecular formula is C32H64O3P+. The zero-order valence-corrected chi connectivity index (χ0v) is 25.5. The second-order valence-electron chi connectivity index (χ2n) is 10.7. The van der Waals surface area contributed by atoms with Crippen LogP contribution in [-0.4, -0.2) is 6.61 Å². The summed E-state index contributed by atoms with van der Waals surface area (Å²) in [6, 6.07) is 0. The smallest absolute Gasteiger partial charge is 0.238 e. The van der Waals surface area contributed by atoms with Crippen molar-refractivity contribution in [3.05, 3.63) is 12.3 Å². The number of allylic oxidation sites excluding steroid dienone is 1. The summed E-state index contributed by atoms with van der Waals surface area (Å²) in [5, 5.41) is 0. The van der Waals surface area contributed by atoms with Crippen LogP contribution < -0.4 is 0 Å². The largest absolute Gasteiger partial charge is 0.749 e. The lowest BCUT2D eigenvalue weighted by Crippen LogP contribution is -1.84. The number of hydrogen-bond acceptors (Lipinski definition) is 3. The molecular weight excluding hydrogens is 463 g/mol. The summed E-state index contributed by atoms with van der Waals surface area (Å²) in [4.78, 5) is 0. The molecule has 0 spiro atoms. The SMILES string of the molecule is CCCCCCCCCCCCCCCCCCCCCCCCCCCC/C=C/O[P+](=O)OCC. The van der Waals surface area contributed by atoms with Gasteiger partial charge in [-0.3, -0.25) is 0 Å². The van der Waals surface area contributed by atoms with Gasteiger partial charge in [0.05, 0.1) is 0 Å². The van der Waals surface area contributed by atoms with Crippen LogP contribution in [0.2, 0.25) is 0 Å². The molecule has 0 saturated carbocycles. The fraction of sp³-hybridized carbons (Fsp3) is 0.938. The van der Waals surface area contributed by atoms with Gasteiger partial charge in [-0.2, -0.15) is 0 Å². The zero-order chi connectivity index (χ0) is 26.2. The molecule has 4 heteroatoms. The zero-order valence-electron chi connectivity index (χ0n) is 24.6. The summed E-state index contributed by atoms with van der Waals surface area (Å²) in [6.45, 7) is 4.53. The van der Waals surface area contributed by atoms with E-state index in [0.29, 0.717) is 6.61 Å². The predicted molar refractivity (Wildman–Crippen MR) is 160 cm³/mol. The van der Waals surface area contributed by atoms with Crippen molar-refractivity contribution in [2.24, 2.45) is 0 Å². The average Bonchev–Trinajstić information content (AvgIpc) is 2.88. The quantitative estimate of drug-likeness (QED) is 0.0511. The molecule has 0 aliphatic heterocycles. The van der Waals surface area contributed by atoms with Gasteiger partial charge in [0.1, 0.15) is 12.9 Å². The van der Waals surface area contributed by atoms with E-state index in [1.54, 1.807) is 0 Å². The highest BCUT2D eigenvalue weighted by Crippen LogP contribution is 2.23. The molecule has 0 fully saturated rings. The van der Waals surface area contributed by atoms with Crippen LogP contribution in [0, 0.1) is 0 Å². The molecule has 0 heterocycles. The van der Waals surface area contributed by atoms with Gasteiger partial charge in [-0.15, -0.1) is 4.52 Å². The van der Waals surface area contributed by atoms with Crippen LogP contribution in [0.15, 0.2) is 12.3 Å². The van der Waals surface area contributed by atoms with Crippen LogP contribution in [0.3, 0.4) is 0 Å². The van der Waals surface area contributed by atoms with Gasteiger partial charge >= 0.3 is 8.25 Å². The molecule has 0 aromatic heterocycles. The Morgan fingerprint density at radius 3 is 1.08 bits per heavy atom. The highest BCUT2D eigenvalue weighted by atomic mass is 31.1. The molecule has 0 amide bonds. The second-order valence-corrected chi connectivity index (χ2v) is 11.7. The lowest BCUT2D eigenvalue weighted by atomic mass is 10.0. The Morgan fingerprint density at radius 1 is 0.472 bits per heavy atom. The fourth-order valence-electron chi connectivity index (χ4n) is 4.87. The van der Waals surface area contributed by atoms with Crippen molar-refractivity contribution < 1.29 is 13.6 Å². The van der Waals surface area contributed by atoms with E-state index in [-0.39, 0.29) is 0 Å². The monoisotopic (exact) mass is 527 g/mol. The number of hydrogen-bond donors (Lipinski definition) is 0. The Balaban J connectivity index is 3.08. The summed E-state index contributed by atoms with van der Waals surface area (Å²) < 4.78 is 20.9. The summed E-state index contributed by atoms with van der Waals surface area (Å²) in [5.41, 5.74) is 0. The van der Waals surface area contributed by atoms with E-state index in [2.05, 4.69) is 6.92 Å². The van der Waals surface area contributed by atoms with Crippen molar-refractivity contribution >= 4 is 8.25 Å². The molecule has 0 aromatic rings. The summed E-state index contributed by atoms with van der Waals surface area (Å²) in [5.74, 6) is 0. The Hall–Kier alpha value is -0.400.